The first-order chi connectivity index (χ1) is 15.1. The number of anilines is 2. The largest absolute Gasteiger partial charge is 0.493 e. The molecule has 32 heavy (non-hydrogen) atoms. The summed E-state index contributed by atoms with van der Waals surface area (Å²) >= 11 is 5.91. The van der Waals surface area contributed by atoms with E-state index < -0.39 is 27.9 Å². The van der Waals surface area contributed by atoms with Gasteiger partial charge in [0.15, 0.2) is 11.5 Å². The van der Waals surface area contributed by atoms with Crippen molar-refractivity contribution in [1.29, 1.82) is 0 Å². The van der Waals surface area contributed by atoms with E-state index in [1.54, 1.807) is 6.92 Å². The first-order valence-electron chi connectivity index (χ1n) is 9.47. The van der Waals surface area contributed by atoms with Gasteiger partial charge < -0.3 is 19.5 Å². The van der Waals surface area contributed by atoms with Gasteiger partial charge in [0.25, 0.3) is 0 Å². The molecule has 0 fully saturated rings. The third kappa shape index (κ3) is 5.63. The van der Waals surface area contributed by atoms with Crippen LogP contribution in [0, 0.1) is 0 Å². The zero-order chi connectivity index (χ0) is 24.1. The van der Waals surface area contributed by atoms with Gasteiger partial charge in [-0.1, -0.05) is 18.5 Å². The van der Waals surface area contributed by atoms with Gasteiger partial charge in [0, 0.05) is 17.2 Å². The number of nitrogens with one attached hydrogen (secondary N) is 1. The van der Waals surface area contributed by atoms with Crippen LogP contribution in [0.5, 0.6) is 11.5 Å². The number of hydrogen-bond donors (Lipinski definition) is 1. The number of ether oxygens (including phenoxy) is 3. The molecular formula is C21H25ClN2O7S. The minimum Gasteiger partial charge on any atom is -0.493 e. The fourth-order valence-corrected chi connectivity index (χ4v) is 4.46. The Hall–Kier alpha value is -2.98. The molecule has 0 aliphatic rings. The van der Waals surface area contributed by atoms with E-state index in [-0.39, 0.29) is 34.9 Å². The number of methoxy groups -OCH3 is 3. The molecular weight excluding hydrogens is 460 g/mol. The van der Waals surface area contributed by atoms with Crippen LogP contribution in [0.15, 0.2) is 36.4 Å². The number of benzene rings is 2. The molecule has 1 atom stereocenters. The lowest BCUT2D eigenvalue weighted by atomic mass is 10.1. The van der Waals surface area contributed by atoms with Crippen molar-refractivity contribution in [3.63, 3.8) is 0 Å². The molecule has 2 aromatic carbocycles. The van der Waals surface area contributed by atoms with Crippen LogP contribution in [0.4, 0.5) is 11.4 Å². The lowest BCUT2D eigenvalue weighted by Gasteiger charge is -2.30. The fraction of sp³-hybridized carbons (Fsp3) is 0.333. The number of halogens is 1. The SMILES string of the molecule is CCC(C(=O)Nc1cc(OC)c(OC)cc1C(=O)OC)N(c1ccc(Cl)cc1)S(C)(=O)=O. The summed E-state index contributed by atoms with van der Waals surface area (Å²) < 4.78 is 41.4. The number of carbonyl (C=O) groups is 2. The van der Waals surface area contributed by atoms with Crippen LogP contribution in [0.1, 0.15) is 23.7 Å². The lowest BCUT2D eigenvalue weighted by molar-refractivity contribution is -0.117. The highest BCUT2D eigenvalue weighted by Crippen LogP contribution is 2.34. The summed E-state index contributed by atoms with van der Waals surface area (Å²) in [6, 6.07) is 7.75. The van der Waals surface area contributed by atoms with Gasteiger partial charge in [-0.05, 0) is 30.7 Å². The average Bonchev–Trinajstić information content (AvgIpc) is 2.76. The lowest BCUT2D eigenvalue weighted by Crippen LogP contribution is -2.47. The summed E-state index contributed by atoms with van der Waals surface area (Å²) in [4.78, 5) is 25.5. The Morgan fingerprint density at radius 2 is 1.62 bits per heavy atom. The molecule has 174 valence electrons. The van der Waals surface area contributed by atoms with Crippen molar-refractivity contribution in [3.8, 4) is 11.5 Å². The number of nitrogens with zero attached hydrogens (tertiary/aromatic N) is 1. The van der Waals surface area contributed by atoms with Gasteiger partial charge in [-0.25, -0.2) is 13.2 Å². The number of esters is 1. The maximum atomic E-state index is 13.2. The smallest absolute Gasteiger partial charge is 0.340 e. The number of amides is 1. The van der Waals surface area contributed by atoms with Gasteiger partial charge in [0.2, 0.25) is 15.9 Å². The molecule has 0 aromatic heterocycles. The summed E-state index contributed by atoms with van der Waals surface area (Å²) in [5, 5.41) is 3.05. The minimum atomic E-state index is -3.84. The van der Waals surface area contributed by atoms with E-state index in [1.165, 1.54) is 57.7 Å². The van der Waals surface area contributed by atoms with Crippen LogP contribution in [-0.4, -0.2) is 53.9 Å². The molecule has 11 heteroatoms. The topological polar surface area (TPSA) is 111 Å². The number of carbonyl (C=O) groups excluding carboxylic acids is 2. The molecule has 0 bridgehead atoms. The summed E-state index contributed by atoms with van der Waals surface area (Å²) in [7, 11) is 0.167. The van der Waals surface area contributed by atoms with Gasteiger partial charge >= 0.3 is 5.97 Å². The normalized spacial score (nSPS) is 11.9. The van der Waals surface area contributed by atoms with Crippen LogP contribution >= 0.6 is 11.6 Å². The van der Waals surface area contributed by atoms with Crippen molar-refractivity contribution in [2.45, 2.75) is 19.4 Å². The van der Waals surface area contributed by atoms with Crippen molar-refractivity contribution < 1.29 is 32.2 Å². The van der Waals surface area contributed by atoms with Gasteiger partial charge in [-0.3, -0.25) is 9.10 Å². The predicted molar refractivity (Wildman–Crippen MR) is 122 cm³/mol. The van der Waals surface area contributed by atoms with E-state index in [2.05, 4.69) is 5.32 Å². The van der Waals surface area contributed by atoms with Gasteiger partial charge in [-0.15, -0.1) is 0 Å². The van der Waals surface area contributed by atoms with Gasteiger partial charge in [0.05, 0.1) is 44.5 Å². The molecule has 1 amide bonds. The Labute approximate surface area is 192 Å². The Morgan fingerprint density at radius 3 is 2.09 bits per heavy atom. The maximum Gasteiger partial charge on any atom is 0.340 e. The second-order valence-electron chi connectivity index (χ2n) is 6.69. The molecule has 2 rings (SSSR count). The quantitative estimate of drug-likeness (QED) is 0.543. The van der Waals surface area contributed by atoms with E-state index in [9.17, 15) is 18.0 Å². The molecule has 9 nitrogen and oxygen atoms in total. The summed E-state index contributed by atoms with van der Waals surface area (Å²) in [6.07, 6.45) is 1.16. The average molecular weight is 485 g/mol. The molecule has 0 saturated carbocycles. The Kier molecular flexibility index (Phi) is 8.34. The van der Waals surface area contributed by atoms with Crippen molar-refractivity contribution >= 4 is 44.9 Å². The molecule has 2 aromatic rings. The highest BCUT2D eigenvalue weighted by atomic mass is 35.5. The molecule has 0 heterocycles. The summed E-state index contributed by atoms with van der Waals surface area (Å²) in [6.45, 7) is 1.67. The standard InChI is InChI=1S/C21H25ClN2O7S/c1-6-17(24(32(5,27)28)14-9-7-13(22)8-10-14)20(25)23-16-12-19(30-3)18(29-2)11-15(16)21(26)31-4/h7-12,17H,6H2,1-5H3,(H,23,25). The Morgan fingerprint density at radius 1 is 1.06 bits per heavy atom. The van der Waals surface area contributed by atoms with E-state index in [0.29, 0.717) is 5.02 Å². The molecule has 0 aliphatic heterocycles. The van der Waals surface area contributed by atoms with E-state index in [1.807, 2.05) is 0 Å². The Balaban J connectivity index is 2.52. The third-order valence-corrected chi connectivity index (χ3v) is 6.03. The molecule has 0 saturated heterocycles. The van der Waals surface area contributed by atoms with Crippen LogP contribution in [0.25, 0.3) is 0 Å². The third-order valence-electron chi connectivity index (χ3n) is 4.60. The van der Waals surface area contributed by atoms with E-state index >= 15 is 0 Å². The second kappa shape index (κ2) is 10.6. The summed E-state index contributed by atoms with van der Waals surface area (Å²) in [5.74, 6) is -0.838. The molecule has 1 N–H and O–H groups in total. The molecule has 0 spiro atoms. The molecule has 0 aliphatic carbocycles. The van der Waals surface area contributed by atoms with Crippen LogP contribution < -0.4 is 19.1 Å². The number of hydrogen-bond acceptors (Lipinski definition) is 7. The number of sulfonamides is 1. The maximum absolute atomic E-state index is 13.2. The second-order valence-corrected chi connectivity index (χ2v) is 8.99. The zero-order valence-corrected chi connectivity index (χ0v) is 19.9. The zero-order valence-electron chi connectivity index (χ0n) is 18.3. The first-order valence-corrected chi connectivity index (χ1v) is 11.7. The van der Waals surface area contributed by atoms with Crippen LogP contribution in [0.3, 0.4) is 0 Å². The van der Waals surface area contributed by atoms with Crippen molar-refractivity contribution in [3.05, 3.63) is 47.0 Å². The Bertz CT molecular complexity index is 1090. The van der Waals surface area contributed by atoms with Gasteiger partial charge in [-0.2, -0.15) is 0 Å². The van der Waals surface area contributed by atoms with Crippen LogP contribution in [0.2, 0.25) is 5.02 Å². The predicted octanol–water partition coefficient (Wildman–Crippen LogP) is 3.33. The van der Waals surface area contributed by atoms with Crippen molar-refractivity contribution in [1.82, 2.24) is 0 Å². The molecule has 0 radical (unpaired) electrons. The highest BCUT2D eigenvalue weighted by molar-refractivity contribution is 7.92. The minimum absolute atomic E-state index is 0.0192. The van der Waals surface area contributed by atoms with Crippen molar-refractivity contribution in [2.75, 3.05) is 37.2 Å². The fourth-order valence-electron chi connectivity index (χ4n) is 3.13. The van der Waals surface area contributed by atoms with E-state index in [4.69, 9.17) is 25.8 Å². The first kappa shape index (κ1) is 25.3. The molecule has 1 unspecified atom stereocenters. The highest BCUT2D eigenvalue weighted by Gasteiger charge is 2.32. The monoisotopic (exact) mass is 484 g/mol. The van der Waals surface area contributed by atoms with Crippen LogP contribution in [-0.2, 0) is 19.6 Å². The van der Waals surface area contributed by atoms with Crippen molar-refractivity contribution in [2.24, 2.45) is 0 Å². The van der Waals surface area contributed by atoms with Gasteiger partial charge in [0.1, 0.15) is 6.04 Å². The number of rotatable bonds is 9. The summed E-state index contributed by atoms with van der Waals surface area (Å²) in [5.41, 5.74) is 0.382. The van der Waals surface area contributed by atoms with E-state index in [0.717, 1.165) is 10.6 Å².